The number of ether oxygens (including phenoxy) is 3. The van der Waals surface area contributed by atoms with E-state index in [1.165, 1.54) is 0 Å². The van der Waals surface area contributed by atoms with Gasteiger partial charge in [-0.1, -0.05) is 36.4 Å². The Balaban J connectivity index is 1.84. The number of nitrogens with one attached hydrogen (secondary N) is 1. The van der Waals surface area contributed by atoms with E-state index in [-0.39, 0.29) is 13.0 Å². The highest BCUT2D eigenvalue weighted by Crippen LogP contribution is 2.33. The summed E-state index contributed by atoms with van der Waals surface area (Å²) < 4.78 is 16.8. The predicted molar refractivity (Wildman–Crippen MR) is 120 cm³/mol. The minimum Gasteiger partial charge on any atom is -0.454 e. The number of hydrogen-bond donors (Lipinski definition) is 2. The fraction of sp³-hybridized carbons (Fsp3) is 0.400. The molecule has 2 unspecified atom stereocenters. The molecule has 1 amide bonds. The van der Waals surface area contributed by atoms with Crippen LogP contribution in [0.3, 0.4) is 0 Å². The van der Waals surface area contributed by atoms with Crippen LogP contribution in [0.25, 0.3) is 0 Å². The topological polar surface area (TPSA) is 111 Å². The van der Waals surface area contributed by atoms with Gasteiger partial charge in [-0.3, -0.25) is 0 Å². The van der Waals surface area contributed by atoms with Gasteiger partial charge in [0.05, 0.1) is 17.2 Å². The zero-order valence-electron chi connectivity index (χ0n) is 18.9. The molecule has 3 rings (SSSR count). The van der Waals surface area contributed by atoms with Crippen molar-refractivity contribution in [2.45, 2.75) is 51.0 Å². The molecule has 8 nitrogen and oxygen atoms in total. The van der Waals surface area contributed by atoms with Gasteiger partial charge < -0.3 is 24.6 Å². The maximum Gasteiger partial charge on any atom is 0.408 e. The van der Waals surface area contributed by atoms with Crippen molar-refractivity contribution in [2.24, 2.45) is 5.92 Å². The van der Waals surface area contributed by atoms with Crippen LogP contribution in [0.1, 0.15) is 47.9 Å². The van der Waals surface area contributed by atoms with Crippen LogP contribution >= 0.6 is 0 Å². The first-order valence-corrected chi connectivity index (χ1v) is 10.8. The van der Waals surface area contributed by atoms with E-state index < -0.39 is 47.8 Å². The van der Waals surface area contributed by atoms with E-state index in [4.69, 9.17) is 14.2 Å². The highest BCUT2D eigenvalue weighted by atomic mass is 16.6. The number of esters is 2. The normalized spacial score (nSPS) is 22.3. The van der Waals surface area contributed by atoms with Gasteiger partial charge in [0.2, 0.25) is 0 Å². The molecular weight excluding hydrogens is 426 g/mol. The van der Waals surface area contributed by atoms with Crippen molar-refractivity contribution in [1.82, 2.24) is 5.32 Å². The summed E-state index contributed by atoms with van der Waals surface area (Å²) in [5.41, 5.74) is -0.0889. The number of aliphatic hydroxyl groups is 1. The van der Waals surface area contributed by atoms with Gasteiger partial charge in [-0.05, 0) is 51.5 Å². The minimum atomic E-state index is -1.02. The summed E-state index contributed by atoms with van der Waals surface area (Å²) in [7, 11) is 0. The first-order chi connectivity index (χ1) is 15.7. The molecule has 0 saturated heterocycles. The maximum atomic E-state index is 12.8. The third-order valence-corrected chi connectivity index (χ3v) is 5.18. The molecule has 0 heterocycles. The first kappa shape index (κ1) is 24.3. The molecule has 0 aromatic heterocycles. The summed E-state index contributed by atoms with van der Waals surface area (Å²) in [5, 5.41) is 12.7. The van der Waals surface area contributed by atoms with Crippen molar-refractivity contribution >= 4 is 18.0 Å². The molecule has 0 spiro atoms. The number of benzene rings is 2. The van der Waals surface area contributed by atoms with E-state index in [2.05, 4.69) is 5.32 Å². The molecule has 2 aromatic rings. The van der Waals surface area contributed by atoms with E-state index in [0.717, 1.165) is 0 Å². The van der Waals surface area contributed by atoms with Gasteiger partial charge >= 0.3 is 18.0 Å². The van der Waals surface area contributed by atoms with Crippen LogP contribution in [0.5, 0.6) is 0 Å². The Labute approximate surface area is 192 Å². The summed E-state index contributed by atoms with van der Waals surface area (Å²) >= 11 is 0. The van der Waals surface area contributed by atoms with Crippen molar-refractivity contribution in [3.05, 3.63) is 71.8 Å². The second kappa shape index (κ2) is 10.5. The van der Waals surface area contributed by atoms with Crippen LogP contribution < -0.4 is 5.32 Å². The standard InChI is InChI=1S/C25H29NO7/c1-25(2,3)33-24(30)26-19-14-18(15-27)20(31-22(28)16-10-6-4-7-11-16)21(19)32-23(29)17-12-8-5-9-13-17/h4-13,18-21,27H,14-15H2,1-3H3,(H,26,30)/t18?,19?,20-,21+/m1/s1. The van der Waals surface area contributed by atoms with Crippen molar-refractivity contribution in [1.29, 1.82) is 0 Å². The van der Waals surface area contributed by atoms with Crippen molar-refractivity contribution < 1.29 is 33.7 Å². The van der Waals surface area contributed by atoms with Crippen molar-refractivity contribution in [3.63, 3.8) is 0 Å². The SMILES string of the molecule is CC(C)(C)OC(=O)NC1CC(CO)[C@@H](OC(=O)c2ccccc2)[C@H]1OC(=O)c1ccccc1. The number of rotatable bonds is 6. The van der Waals surface area contributed by atoms with Crippen LogP contribution in [0.4, 0.5) is 4.79 Å². The molecular formula is C25H29NO7. The molecule has 33 heavy (non-hydrogen) atoms. The second-order valence-corrected chi connectivity index (χ2v) is 8.90. The smallest absolute Gasteiger partial charge is 0.408 e. The van der Waals surface area contributed by atoms with Gasteiger partial charge in [0.1, 0.15) is 11.7 Å². The monoisotopic (exact) mass is 455 g/mol. The number of aliphatic hydroxyl groups excluding tert-OH is 1. The number of carbonyl (C=O) groups excluding carboxylic acids is 3. The molecule has 8 heteroatoms. The Morgan fingerprint density at radius 1 is 0.879 bits per heavy atom. The largest absolute Gasteiger partial charge is 0.454 e. The molecule has 0 bridgehead atoms. The predicted octanol–water partition coefficient (Wildman–Crippen LogP) is 3.34. The molecule has 4 atom stereocenters. The summed E-state index contributed by atoms with van der Waals surface area (Å²) in [6.45, 7) is 4.87. The molecule has 1 fully saturated rings. The van der Waals surface area contributed by atoms with Crippen LogP contribution in [0, 0.1) is 5.92 Å². The third kappa shape index (κ3) is 6.55. The average Bonchev–Trinajstić information content (AvgIpc) is 3.09. The Kier molecular flexibility index (Phi) is 7.71. The molecule has 2 aromatic carbocycles. The number of carbonyl (C=O) groups is 3. The Bertz CT molecular complexity index is 956. The molecule has 0 radical (unpaired) electrons. The van der Waals surface area contributed by atoms with Crippen LogP contribution in [-0.2, 0) is 14.2 Å². The Hall–Kier alpha value is -3.39. The zero-order chi connectivity index (χ0) is 24.0. The Morgan fingerprint density at radius 3 is 1.82 bits per heavy atom. The van der Waals surface area contributed by atoms with Gasteiger partial charge in [0.25, 0.3) is 0 Å². The fourth-order valence-corrected chi connectivity index (χ4v) is 3.71. The molecule has 1 aliphatic carbocycles. The lowest BCUT2D eigenvalue weighted by Crippen LogP contribution is -2.48. The van der Waals surface area contributed by atoms with Crippen LogP contribution in [-0.4, -0.2) is 53.6 Å². The Morgan fingerprint density at radius 2 is 1.36 bits per heavy atom. The summed E-state index contributed by atoms with van der Waals surface area (Å²) in [6.07, 6.45) is -2.44. The van der Waals surface area contributed by atoms with Crippen LogP contribution in [0.15, 0.2) is 60.7 Å². The fourth-order valence-electron chi connectivity index (χ4n) is 3.71. The molecule has 0 aliphatic heterocycles. The lowest BCUT2D eigenvalue weighted by atomic mass is 10.1. The summed E-state index contributed by atoms with van der Waals surface area (Å²) in [4.78, 5) is 37.9. The van der Waals surface area contributed by atoms with E-state index >= 15 is 0 Å². The van der Waals surface area contributed by atoms with Crippen molar-refractivity contribution in [3.8, 4) is 0 Å². The quantitative estimate of drug-likeness (QED) is 0.508. The zero-order valence-corrected chi connectivity index (χ0v) is 18.9. The highest BCUT2D eigenvalue weighted by molar-refractivity contribution is 5.90. The van der Waals surface area contributed by atoms with Gasteiger partial charge in [0, 0.05) is 12.5 Å². The molecule has 1 saturated carbocycles. The van der Waals surface area contributed by atoms with Gasteiger partial charge in [-0.25, -0.2) is 14.4 Å². The van der Waals surface area contributed by atoms with E-state index in [9.17, 15) is 19.5 Å². The van der Waals surface area contributed by atoms with Gasteiger partial charge in [0.15, 0.2) is 6.10 Å². The highest BCUT2D eigenvalue weighted by Gasteiger charge is 2.49. The van der Waals surface area contributed by atoms with E-state index in [1.807, 2.05) is 0 Å². The molecule has 1 aliphatic rings. The lowest BCUT2D eigenvalue weighted by molar-refractivity contribution is -0.0457. The average molecular weight is 456 g/mol. The molecule has 2 N–H and O–H groups in total. The summed E-state index contributed by atoms with van der Waals surface area (Å²) in [6, 6.07) is 16.0. The minimum absolute atomic E-state index is 0.231. The third-order valence-electron chi connectivity index (χ3n) is 5.18. The number of hydrogen-bond acceptors (Lipinski definition) is 7. The molecule has 176 valence electrons. The summed E-state index contributed by atoms with van der Waals surface area (Å²) in [5.74, 6) is -1.79. The second-order valence-electron chi connectivity index (χ2n) is 8.90. The lowest BCUT2D eigenvalue weighted by Gasteiger charge is -2.27. The van der Waals surface area contributed by atoms with Crippen LogP contribution in [0.2, 0.25) is 0 Å². The number of amides is 1. The first-order valence-electron chi connectivity index (χ1n) is 10.8. The van der Waals surface area contributed by atoms with Gasteiger partial charge in [-0.15, -0.1) is 0 Å². The van der Waals surface area contributed by atoms with Crippen molar-refractivity contribution in [2.75, 3.05) is 6.61 Å². The van der Waals surface area contributed by atoms with E-state index in [0.29, 0.717) is 11.1 Å². The van der Waals surface area contributed by atoms with Gasteiger partial charge in [-0.2, -0.15) is 0 Å². The maximum absolute atomic E-state index is 12.8. The van der Waals surface area contributed by atoms with E-state index in [1.54, 1.807) is 81.4 Å². The number of alkyl carbamates (subject to hydrolysis) is 1.